The van der Waals surface area contributed by atoms with E-state index in [1.54, 1.807) is 12.1 Å². The van der Waals surface area contributed by atoms with Crippen molar-refractivity contribution in [2.24, 2.45) is 11.3 Å². The van der Waals surface area contributed by atoms with Crippen LogP contribution in [0.4, 0.5) is 0 Å². The van der Waals surface area contributed by atoms with Crippen LogP contribution in [0.5, 0.6) is 5.75 Å². The van der Waals surface area contributed by atoms with E-state index in [1.807, 2.05) is 6.92 Å². The fourth-order valence-electron chi connectivity index (χ4n) is 3.15. The predicted molar refractivity (Wildman–Crippen MR) is 106 cm³/mol. The second-order valence-electron chi connectivity index (χ2n) is 7.31. The summed E-state index contributed by atoms with van der Waals surface area (Å²) in [6.07, 6.45) is 1.94. The predicted octanol–water partition coefficient (Wildman–Crippen LogP) is 4.71. The molecule has 2 N–H and O–H groups in total. The van der Waals surface area contributed by atoms with Crippen LogP contribution in [-0.2, 0) is 14.4 Å². The Morgan fingerprint density at radius 3 is 2.43 bits per heavy atom. The van der Waals surface area contributed by atoms with E-state index >= 15 is 0 Å². The minimum Gasteiger partial charge on any atom is -0.481 e. The number of ether oxygens (including phenoxy) is 1. The van der Waals surface area contributed by atoms with Crippen LogP contribution in [-0.4, -0.2) is 34.0 Å². The Labute approximate surface area is 173 Å². The highest BCUT2D eigenvalue weighted by molar-refractivity contribution is 6.44. The van der Waals surface area contributed by atoms with Crippen LogP contribution in [0.25, 0.3) is 5.57 Å². The van der Waals surface area contributed by atoms with Gasteiger partial charge in [-0.15, -0.1) is 0 Å². The van der Waals surface area contributed by atoms with Crippen molar-refractivity contribution in [2.75, 3.05) is 0 Å². The van der Waals surface area contributed by atoms with E-state index in [2.05, 4.69) is 0 Å². The third-order valence-electron chi connectivity index (χ3n) is 5.02. The van der Waals surface area contributed by atoms with E-state index in [0.29, 0.717) is 12.0 Å². The second kappa shape index (κ2) is 8.53. The van der Waals surface area contributed by atoms with Crippen LogP contribution in [0, 0.1) is 11.3 Å². The lowest BCUT2D eigenvalue weighted by Crippen LogP contribution is -2.46. The molecule has 1 aliphatic rings. The smallest absolute Gasteiger partial charge is 0.346 e. The third kappa shape index (κ3) is 4.33. The SMILES string of the molecule is CCC1CCC(=O)C=C1c1ccc(OC(C(=O)O)C(C)(C)C(=O)O)c(Cl)c1Cl. The molecule has 0 amide bonds. The average Bonchev–Trinajstić information content (AvgIpc) is 2.62. The molecule has 2 rings (SSSR count). The summed E-state index contributed by atoms with van der Waals surface area (Å²) in [5, 5.41) is 18.8. The summed E-state index contributed by atoms with van der Waals surface area (Å²) in [4.78, 5) is 34.9. The summed E-state index contributed by atoms with van der Waals surface area (Å²) < 4.78 is 5.45. The topological polar surface area (TPSA) is 101 Å². The lowest BCUT2D eigenvalue weighted by atomic mass is 9.81. The molecule has 0 spiro atoms. The molecular weight excluding hydrogens is 407 g/mol. The summed E-state index contributed by atoms with van der Waals surface area (Å²) in [6, 6.07) is 3.06. The normalized spacial score (nSPS) is 18.4. The monoisotopic (exact) mass is 428 g/mol. The van der Waals surface area contributed by atoms with Crippen LogP contribution >= 0.6 is 23.2 Å². The number of benzene rings is 1. The molecular formula is C20H22Cl2O6. The maximum Gasteiger partial charge on any atom is 0.346 e. The Kier molecular flexibility index (Phi) is 6.78. The highest BCUT2D eigenvalue weighted by Gasteiger charge is 2.44. The zero-order valence-electron chi connectivity index (χ0n) is 15.8. The summed E-state index contributed by atoms with van der Waals surface area (Å²) in [6.45, 7) is 4.53. The Hall–Kier alpha value is -2.05. The molecule has 2 unspecified atom stereocenters. The van der Waals surface area contributed by atoms with Crippen molar-refractivity contribution in [1.29, 1.82) is 0 Å². The first-order chi connectivity index (χ1) is 13.0. The van der Waals surface area contributed by atoms with Gasteiger partial charge in [0.25, 0.3) is 0 Å². The number of carbonyl (C=O) groups is 3. The molecule has 1 aliphatic carbocycles. The van der Waals surface area contributed by atoms with Crippen molar-refractivity contribution < 1.29 is 29.3 Å². The van der Waals surface area contributed by atoms with Crippen LogP contribution in [0.3, 0.4) is 0 Å². The molecule has 1 aromatic rings. The van der Waals surface area contributed by atoms with Crippen LogP contribution < -0.4 is 4.74 Å². The maximum absolute atomic E-state index is 11.9. The summed E-state index contributed by atoms with van der Waals surface area (Å²) >= 11 is 12.7. The molecule has 0 radical (unpaired) electrons. The van der Waals surface area contributed by atoms with E-state index in [-0.39, 0.29) is 27.5 Å². The van der Waals surface area contributed by atoms with E-state index in [9.17, 15) is 24.6 Å². The highest BCUT2D eigenvalue weighted by Crippen LogP contribution is 2.43. The van der Waals surface area contributed by atoms with E-state index in [4.69, 9.17) is 27.9 Å². The van der Waals surface area contributed by atoms with Gasteiger partial charge in [0.15, 0.2) is 5.78 Å². The van der Waals surface area contributed by atoms with Gasteiger partial charge in [0.05, 0.1) is 5.02 Å². The largest absolute Gasteiger partial charge is 0.481 e. The van der Waals surface area contributed by atoms with Crippen molar-refractivity contribution in [3.05, 3.63) is 33.8 Å². The zero-order chi connectivity index (χ0) is 21.2. The Morgan fingerprint density at radius 2 is 1.89 bits per heavy atom. The number of carbonyl (C=O) groups excluding carboxylic acids is 1. The van der Waals surface area contributed by atoms with E-state index in [0.717, 1.165) is 18.4 Å². The minimum atomic E-state index is -1.70. The summed E-state index contributed by atoms with van der Waals surface area (Å²) in [7, 11) is 0. The third-order valence-corrected chi connectivity index (χ3v) is 5.89. The van der Waals surface area contributed by atoms with Crippen LogP contribution in [0.1, 0.15) is 45.6 Å². The molecule has 0 bridgehead atoms. The quantitative estimate of drug-likeness (QED) is 0.651. The molecule has 8 heteroatoms. The second-order valence-corrected chi connectivity index (χ2v) is 8.07. The Bertz CT molecular complexity index is 843. The highest BCUT2D eigenvalue weighted by atomic mass is 35.5. The van der Waals surface area contributed by atoms with Crippen molar-refractivity contribution >= 4 is 46.5 Å². The van der Waals surface area contributed by atoms with Crippen molar-refractivity contribution in [2.45, 2.75) is 46.1 Å². The van der Waals surface area contributed by atoms with Gasteiger partial charge in [-0.05, 0) is 62.0 Å². The minimum absolute atomic E-state index is 0.0152. The van der Waals surface area contributed by atoms with Gasteiger partial charge in [-0.25, -0.2) is 4.79 Å². The maximum atomic E-state index is 11.9. The van der Waals surface area contributed by atoms with Crippen molar-refractivity contribution in [3.63, 3.8) is 0 Å². The van der Waals surface area contributed by atoms with Gasteiger partial charge < -0.3 is 14.9 Å². The molecule has 0 saturated carbocycles. The van der Waals surface area contributed by atoms with Gasteiger partial charge >= 0.3 is 11.9 Å². The first-order valence-electron chi connectivity index (χ1n) is 8.86. The number of hydrogen-bond acceptors (Lipinski definition) is 4. The standard InChI is InChI=1S/C20H22Cl2O6/c1-4-10-5-6-11(23)9-13(10)12-7-8-14(16(22)15(12)21)28-17(18(24)25)20(2,3)19(26)27/h7-10,17H,4-6H2,1-3H3,(H,24,25)(H,26,27). The van der Waals surface area contributed by atoms with Crippen LogP contribution in [0.2, 0.25) is 10.0 Å². The summed E-state index contributed by atoms with van der Waals surface area (Å²) in [5.74, 6) is -2.62. The number of carboxylic acid groups (broad SMARTS) is 2. The van der Waals surface area contributed by atoms with Crippen LogP contribution in [0.15, 0.2) is 18.2 Å². The fourth-order valence-corrected chi connectivity index (χ4v) is 3.62. The zero-order valence-corrected chi connectivity index (χ0v) is 17.3. The number of ketones is 1. The molecule has 0 heterocycles. The molecule has 2 atom stereocenters. The summed E-state index contributed by atoms with van der Waals surface area (Å²) in [5.41, 5.74) is -0.326. The number of allylic oxidation sites excluding steroid dienone is 2. The first kappa shape index (κ1) is 22.2. The number of aliphatic carboxylic acids is 2. The lowest BCUT2D eigenvalue weighted by Gasteiger charge is -2.28. The molecule has 0 aromatic heterocycles. The van der Waals surface area contributed by atoms with E-state index < -0.39 is 23.5 Å². The average molecular weight is 429 g/mol. The molecule has 0 aliphatic heterocycles. The Balaban J connectivity index is 2.45. The van der Waals surface area contributed by atoms with Gasteiger partial charge in [-0.2, -0.15) is 0 Å². The fraction of sp³-hybridized carbons (Fsp3) is 0.450. The van der Waals surface area contributed by atoms with Gasteiger partial charge in [0.1, 0.15) is 16.2 Å². The van der Waals surface area contributed by atoms with Gasteiger partial charge in [0, 0.05) is 6.42 Å². The van der Waals surface area contributed by atoms with Gasteiger partial charge in [0.2, 0.25) is 6.10 Å². The molecule has 152 valence electrons. The number of halogens is 2. The molecule has 0 fully saturated rings. The number of hydrogen-bond donors (Lipinski definition) is 2. The lowest BCUT2D eigenvalue weighted by molar-refractivity contribution is -0.164. The number of rotatable bonds is 7. The van der Waals surface area contributed by atoms with E-state index in [1.165, 1.54) is 19.9 Å². The molecule has 28 heavy (non-hydrogen) atoms. The van der Waals surface area contributed by atoms with Crippen molar-refractivity contribution in [1.82, 2.24) is 0 Å². The van der Waals surface area contributed by atoms with Gasteiger partial charge in [-0.1, -0.05) is 30.1 Å². The van der Waals surface area contributed by atoms with Crippen molar-refractivity contribution in [3.8, 4) is 5.75 Å². The molecule has 1 aromatic carbocycles. The van der Waals surface area contributed by atoms with Gasteiger partial charge in [-0.3, -0.25) is 9.59 Å². The molecule has 6 nitrogen and oxygen atoms in total. The number of carboxylic acids is 2. The first-order valence-corrected chi connectivity index (χ1v) is 9.61. The molecule has 0 saturated heterocycles. The Morgan fingerprint density at radius 1 is 1.25 bits per heavy atom.